The Balaban J connectivity index is 1.87. The summed E-state index contributed by atoms with van der Waals surface area (Å²) in [4.78, 5) is 29.2. The molecule has 0 aliphatic heterocycles. The Morgan fingerprint density at radius 1 is 0.857 bits per heavy atom. The molecule has 3 aromatic rings. The monoisotopic (exact) mass is 591 g/mol. The molecular formula is C34H45N3O4S. The third kappa shape index (κ3) is 9.72. The molecule has 0 aliphatic carbocycles. The summed E-state index contributed by atoms with van der Waals surface area (Å²) >= 11 is 0. The van der Waals surface area contributed by atoms with Crippen LogP contribution in [0.15, 0.2) is 72.8 Å². The summed E-state index contributed by atoms with van der Waals surface area (Å²) < 4.78 is 26.8. The average Bonchev–Trinajstić information content (AvgIpc) is 2.95. The highest BCUT2D eigenvalue weighted by Gasteiger charge is 2.30. The Bertz CT molecular complexity index is 1420. The number of carbonyl (C=O) groups is 2. The molecule has 0 fully saturated rings. The van der Waals surface area contributed by atoms with E-state index in [2.05, 4.69) is 12.2 Å². The van der Waals surface area contributed by atoms with Gasteiger partial charge in [0.2, 0.25) is 21.8 Å². The van der Waals surface area contributed by atoms with Crippen LogP contribution in [0.2, 0.25) is 0 Å². The Morgan fingerprint density at radius 3 is 2.17 bits per heavy atom. The smallest absolute Gasteiger partial charge is 0.243 e. The first-order valence-electron chi connectivity index (χ1n) is 14.7. The number of aryl methyl sites for hydroxylation is 3. The van der Waals surface area contributed by atoms with Gasteiger partial charge in [0.15, 0.2) is 0 Å². The van der Waals surface area contributed by atoms with Crippen LogP contribution in [-0.2, 0) is 32.6 Å². The molecule has 3 rings (SSSR count). The molecular weight excluding hydrogens is 546 g/mol. The summed E-state index contributed by atoms with van der Waals surface area (Å²) in [7, 11) is -3.56. The van der Waals surface area contributed by atoms with Crippen molar-refractivity contribution < 1.29 is 18.0 Å². The zero-order chi connectivity index (χ0) is 30.7. The van der Waals surface area contributed by atoms with Crippen LogP contribution >= 0.6 is 0 Å². The van der Waals surface area contributed by atoms with E-state index < -0.39 is 16.1 Å². The number of hydrogen-bond acceptors (Lipinski definition) is 4. The molecule has 0 saturated heterocycles. The summed E-state index contributed by atoms with van der Waals surface area (Å²) in [6.45, 7) is 9.00. The highest BCUT2D eigenvalue weighted by molar-refractivity contribution is 7.92. The van der Waals surface area contributed by atoms with Crippen LogP contribution in [0.4, 0.5) is 5.69 Å². The number of anilines is 1. The number of amides is 2. The van der Waals surface area contributed by atoms with Crippen molar-refractivity contribution in [3.8, 4) is 0 Å². The van der Waals surface area contributed by atoms with E-state index in [1.54, 1.807) is 11.0 Å². The van der Waals surface area contributed by atoms with Crippen molar-refractivity contribution in [2.45, 2.75) is 72.4 Å². The minimum absolute atomic E-state index is 0.107. The summed E-state index contributed by atoms with van der Waals surface area (Å²) in [5.41, 5.74) is 5.67. The lowest BCUT2D eigenvalue weighted by atomic mass is 10.0. The second kappa shape index (κ2) is 15.5. The Labute approximate surface area is 252 Å². The van der Waals surface area contributed by atoms with Gasteiger partial charge in [-0.15, -0.1) is 0 Å². The summed E-state index contributed by atoms with van der Waals surface area (Å²) in [5.74, 6) is -0.364. The fourth-order valence-electron chi connectivity index (χ4n) is 4.83. The normalized spacial score (nSPS) is 12.0. The van der Waals surface area contributed by atoms with Crippen LogP contribution in [0.3, 0.4) is 0 Å². The number of carbonyl (C=O) groups excluding carboxylic acids is 2. The number of nitrogens with zero attached hydrogens (tertiary/aromatic N) is 2. The molecule has 0 saturated carbocycles. The third-order valence-electron chi connectivity index (χ3n) is 7.50. The van der Waals surface area contributed by atoms with Gasteiger partial charge in [-0.1, -0.05) is 79.6 Å². The predicted molar refractivity (Wildman–Crippen MR) is 171 cm³/mol. The van der Waals surface area contributed by atoms with Gasteiger partial charge in [0.1, 0.15) is 6.04 Å². The molecule has 1 N–H and O–H groups in total. The van der Waals surface area contributed by atoms with Crippen LogP contribution in [0.5, 0.6) is 0 Å². The molecule has 0 radical (unpaired) electrons. The highest BCUT2D eigenvalue weighted by Crippen LogP contribution is 2.23. The van der Waals surface area contributed by atoms with E-state index in [4.69, 9.17) is 0 Å². The zero-order valence-corrected chi connectivity index (χ0v) is 26.4. The molecule has 7 nitrogen and oxygen atoms in total. The van der Waals surface area contributed by atoms with Gasteiger partial charge >= 0.3 is 0 Å². The van der Waals surface area contributed by atoms with Crippen molar-refractivity contribution >= 4 is 27.5 Å². The van der Waals surface area contributed by atoms with Crippen molar-refractivity contribution in [2.24, 2.45) is 0 Å². The van der Waals surface area contributed by atoms with Crippen LogP contribution < -0.4 is 9.62 Å². The van der Waals surface area contributed by atoms with E-state index in [1.807, 2.05) is 87.5 Å². The van der Waals surface area contributed by atoms with E-state index in [1.165, 1.54) is 10.6 Å². The molecule has 3 aromatic carbocycles. The molecule has 42 heavy (non-hydrogen) atoms. The van der Waals surface area contributed by atoms with Crippen molar-refractivity contribution in [3.05, 3.63) is 101 Å². The first kappa shape index (κ1) is 32.9. The predicted octanol–water partition coefficient (Wildman–Crippen LogP) is 5.71. The molecule has 0 aliphatic rings. The summed E-state index contributed by atoms with van der Waals surface area (Å²) in [6, 6.07) is 22.5. The van der Waals surface area contributed by atoms with Gasteiger partial charge in [0.25, 0.3) is 0 Å². The maximum absolute atomic E-state index is 13.9. The Kier molecular flexibility index (Phi) is 12.2. The average molecular weight is 592 g/mol. The minimum Gasteiger partial charge on any atom is -0.354 e. The lowest BCUT2D eigenvalue weighted by Gasteiger charge is -2.32. The number of rotatable bonds is 15. The third-order valence-corrected chi connectivity index (χ3v) is 8.70. The van der Waals surface area contributed by atoms with Crippen molar-refractivity contribution in [2.75, 3.05) is 23.7 Å². The lowest BCUT2D eigenvalue weighted by molar-refractivity contribution is -0.141. The molecule has 2 amide bonds. The van der Waals surface area contributed by atoms with E-state index in [0.29, 0.717) is 25.1 Å². The van der Waals surface area contributed by atoms with E-state index >= 15 is 0 Å². The molecule has 226 valence electrons. The minimum atomic E-state index is -3.56. The van der Waals surface area contributed by atoms with Crippen molar-refractivity contribution in [1.82, 2.24) is 10.2 Å². The molecule has 0 unspecified atom stereocenters. The van der Waals surface area contributed by atoms with Crippen molar-refractivity contribution in [1.29, 1.82) is 0 Å². The van der Waals surface area contributed by atoms with Crippen LogP contribution in [-0.4, -0.2) is 50.5 Å². The maximum Gasteiger partial charge on any atom is 0.243 e. The van der Waals surface area contributed by atoms with Gasteiger partial charge < -0.3 is 10.2 Å². The first-order valence-corrected chi connectivity index (χ1v) is 16.6. The maximum atomic E-state index is 13.9. The Morgan fingerprint density at radius 2 is 1.55 bits per heavy atom. The molecule has 0 aromatic heterocycles. The molecule has 0 bridgehead atoms. The van der Waals surface area contributed by atoms with E-state index in [0.717, 1.165) is 40.7 Å². The van der Waals surface area contributed by atoms with Gasteiger partial charge in [-0.2, -0.15) is 0 Å². The number of hydrogen-bond donors (Lipinski definition) is 1. The molecule has 0 spiro atoms. The first-order chi connectivity index (χ1) is 20.0. The quantitative estimate of drug-likeness (QED) is 0.229. The molecule has 8 heteroatoms. The zero-order valence-electron chi connectivity index (χ0n) is 25.6. The summed E-state index contributed by atoms with van der Waals surface area (Å²) in [5, 5.41) is 3.04. The van der Waals surface area contributed by atoms with E-state index in [9.17, 15) is 18.0 Å². The van der Waals surface area contributed by atoms with Crippen LogP contribution in [0.25, 0.3) is 0 Å². The van der Waals surface area contributed by atoms with Gasteiger partial charge in [0.05, 0.1) is 11.9 Å². The lowest BCUT2D eigenvalue weighted by Crippen LogP contribution is -2.50. The number of unbranched alkanes of at least 4 members (excludes halogenated alkanes) is 1. The summed E-state index contributed by atoms with van der Waals surface area (Å²) in [6.07, 6.45) is 3.80. The largest absolute Gasteiger partial charge is 0.354 e. The number of benzene rings is 3. The van der Waals surface area contributed by atoms with Gasteiger partial charge in [-0.25, -0.2) is 8.42 Å². The van der Waals surface area contributed by atoms with Gasteiger partial charge in [-0.05, 0) is 68.0 Å². The fraction of sp³-hybridized carbons (Fsp3) is 0.412. The standard InChI is InChI=1S/C34H45N3O4S/c1-6-7-21-35-34(39)32(24-29-12-9-8-10-13-29)36(25-30-18-15-26(2)16-19-30)33(38)14-11-22-37(42(5,40)41)31-20-17-27(3)28(4)23-31/h8-10,12-13,15-20,23,32H,6-7,11,14,21-22,24-25H2,1-5H3,(H,35,39)/t32-/m1/s1. The molecule has 0 heterocycles. The van der Waals surface area contributed by atoms with E-state index in [-0.39, 0.29) is 31.3 Å². The second-order valence-corrected chi connectivity index (χ2v) is 13.0. The number of sulfonamides is 1. The molecule has 1 atom stereocenters. The second-order valence-electron chi connectivity index (χ2n) is 11.1. The van der Waals surface area contributed by atoms with Crippen molar-refractivity contribution in [3.63, 3.8) is 0 Å². The SMILES string of the molecule is CCCCNC(=O)[C@@H](Cc1ccccc1)N(Cc1ccc(C)cc1)C(=O)CCCN(c1ccc(C)c(C)c1)S(C)(=O)=O. The van der Waals surface area contributed by atoms with Gasteiger partial charge in [-0.3, -0.25) is 13.9 Å². The topological polar surface area (TPSA) is 86.8 Å². The van der Waals surface area contributed by atoms with Gasteiger partial charge in [0, 0.05) is 32.5 Å². The Hall–Kier alpha value is -3.65. The van der Waals surface area contributed by atoms with Crippen LogP contribution in [0.1, 0.15) is 60.4 Å². The van der Waals surface area contributed by atoms with Crippen LogP contribution in [0, 0.1) is 20.8 Å². The highest BCUT2D eigenvalue weighted by atomic mass is 32.2. The number of nitrogens with one attached hydrogen (secondary N) is 1. The fourth-order valence-corrected chi connectivity index (χ4v) is 5.79.